The summed E-state index contributed by atoms with van der Waals surface area (Å²) >= 11 is 0. The van der Waals surface area contributed by atoms with Crippen LogP contribution in [0.2, 0.25) is 0 Å². The number of pyridine rings is 1. The number of nitrogens with two attached hydrogens (primary N) is 1. The number of hydrogen-bond acceptors (Lipinski definition) is 4. The van der Waals surface area contributed by atoms with E-state index in [0.29, 0.717) is 13.2 Å². The average Bonchev–Trinajstić information content (AvgIpc) is 2.80. The quantitative estimate of drug-likeness (QED) is 0.868. The summed E-state index contributed by atoms with van der Waals surface area (Å²) in [5.74, 6) is -0.112. The van der Waals surface area contributed by atoms with Gasteiger partial charge in [0.25, 0.3) is 0 Å². The molecule has 0 saturated carbocycles. The van der Waals surface area contributed by atoms with Crippen LogP contribution in [0.3, 0.4) is 0 Å². The fraction of sp³-hybridized carbons (Fsp3) is 0.333. The van der Waals surface area contributed by atoms with E-state index in [9.17, 15) is 4.79 Å². The molecule has 2 unspecified atom stereocenters. The maximum absolute atomic E-state index is 12.5. The SMILES string of the molecule is CC1(C(=O)Nc2cccc3ncccc23)COCC1N. The van der Waals surface area contributed by atoms with E-state index in [1.54, 1.807) is 6.20 Å². The largest absolute Gasteiger partial charge is 0.379 e. The van der Waals surface area contributed by atoms with Crippen molar-refractivity contribution in [3.63, 3.8) is 0 Å². The van der Waals surface area contributed by atoms with Crippen molar-refractivity contribution in [2.45, 2.75) is 13.0 Å². The third kappa shape index (κ3) is 2.05. The highest BCUT2D eigenvalue weighted by Crippen LogP contribution is 2.30. The molecule has 20 heavy (non-hydrogen) atoms. The number of hydrogen-bond donors (Lipinski definition) is 2. The third-order valence-corrected chi connectivity index (χ3v) is 3.93. The monoisotopic (exact) mass is 271 g/mol. The molecule has 2 heterocycles. The molecular weight excluding hydrogens is 254 g/mol. The predicted octanol–water partition coefficient (Wildman–Crippen LogP) is 1.54. The van der Waals surface area contributed by atoms with Crippen molar-refractivity contribution in [2.24, 2.45) is 11.1 Å². The van der Waals surface area contributed by atoms with Gasteiger partial charge in [0, 0.05) is 17.6 Å². The number of anilines is 1. The molecule has 1 aliphatic rings. The molecule has 1 aromatic heterocycles. The van der Waals surface area contributed by atoms with Gasteiger partial charge in [-0.25, -0.2) is 0 Å². The molecule has 3 rings (SSSR count). The van der Waals surface area contributed by atoms with Gasteiger partial charge in [0.2, 0.25) is 5.91 Å². The van der Waals surface area contributed by atoms with Crippen molar-refractivity contribution in [3.8, 4) is 0 Å². The van der Waals surface area contributed by atoms with Gasteiger partial charge in [-0.2, -0.15) is 0 Å². The summed E-state index contributed by atoms with van der Waals surface area (Å²) in [6, 6.07) is 9.16. The first-order chi connectivity index (χ1) is 9.61. The van der Waals surface area contributed by atoms with Crippen molar-refractivity contribution in [1.29, 1.82) is 0 Å². The number of carbonyl (C=O) groups excluding carboxylic acids is 1. The first-order valence-electron chi connectivity index (χ1n) is 6.60. The van der Waals surface area contributed by atoms with Gasteiger partial charge in [0.05, 0.1) is 29.8 Å². The van der Waals surface area contributed by atoms with Crippen molar-refractivity contribution in [1.82, 2.24) is 4.98 Å². The third-order valence-electron chi connectivity index (χ3n) is 3.93. The number of aromatic nitrogens is 1. The van der Waals surface area contributed by atoms with Gasteiger partial charge >= 0.3 is 0 Å². The Kier molecular flexibility index (Phi) is 3.16. The summed E-state index contributed by atoms with van der Waals surface area (Å²) in [7, 11) is 0. The summed E-state index contributed by atoms with van der Waals surface area (Å²) in [4.78, 5) is 16.8. The van der Waals surface area contributed by atoms with Gasteiger partial charge in [-0.3, -0.25) is 9.78 Å². The smallest absolute Gasteiger partial charge is 0.234 e. The van der Waals surface area contributed by atoms with Gasteiger partial charge in [0.1, 0.15) is 0 Å². The average molecular weight is 271 g/mol. The van der Waals surface area contributed by atoms with E-state index in [4.69, 9.17) is 10.5 Å². The standard InChI is InChI=1S/C15H17N3O2/c1-15(9-20-8-13(15)16)14(19)18-12-6-2-5-11-10(12)4-3-7-17-11/h2-7,13H,8-9,16H2,1H3,(H,18,19). The maximum Gasteiger partial charge on any atom is 0.234 e. The normalized spacial score (nSPS) is 25.8. The van der Waals surface area contributed by atoms with Crippen LogP contribution in [0, 0.1) is 5.41 Å². The number of fused-ring (bicyclic) bond motifs is 1. The molecule has 2 atom stereocenters. The number of rotatable bonds is 2. The van der Waals surface area contributed by atoms with E-state index in [1.807, 2.05) is 37.3 Å². The van der Waals surface area contributed by atoms with Gasteiger partial charge in [-0.15, -0.1) is 0 Å². The summed E-state index contributed by atoms with van der Waals surface area (Å²) in [5.41, 5.74) is 6.89. The first kappa shape index (κ1) is 13.0. The molecule has 3 N–H and O–H groups in total. The molecule has 0 radical (unpaired) electrons. The second-order valence-electron chi connectivity index (χ2n) is 5.37. The molecule has 5 nitrogen and oxygen atoms in total. The minimum Gasteiger partial charge on any atom is -0.379 e. The Bertz CT molecular complexity index is 653. The summed E-state index contributed by atoms with van der Waals surface area (Å²) in [5, 5.41) is 3.87. The highest BCUT2D eigenvalue weighted by Gasteiger charge is 2.44. The van der Waals surface area contributed by atoms with E-state index in [0.717, 1.165) is 16.6 Å². The number of nitrogens with zero attached hydrogens (tertiary/aromatic N) is 1. The summed E-state index contributed by atoms with van der Waals surface area (Å²) in [6.07, 6.45) is 1.73. The van der Waals surface area contributed by atoms with E-state index in [1.165, 1.54) is 0 Å². The van der Waals surface area contributed by atoms with Crippen molar-refractivity contribution in [2.75, 3.05) is 18.5 Å². The molecule has 0 aliphatic carbocycles. The van der Waals surface area contributed by atoms with Crippen molar-refractivity contribution < 1.29 is 9.53 Å². The Balaban J connectivity index is 1.92. The number of ether oxygens (including phenoxy) is 1. The zero-order valence-electron chi connectivity index (χ0n) is 11.3. The fourth-order valence-corrected chi connectivity index (χ4v) is 2.40. The molecule has 1 fully saturated rings. The zero-order valence-corrected chi connectivity index (χ0v) is 11.3. The Morgan fingerprint density at radius 1 is 1.45 bits per heavy atom. The number of benzene rings is 1. The Labute approximate surface area is 117 Å². The van der Waals surface area contributed by atoms with E-state index in [2.05, 4.69) is 10.3 Å². The molecular formula is C15H17N3O2. The fourth-order valence-electron chi connectivity index (χ4n) is 2.40. The van der Waals surface area contributed by atoms with Crippen LogP contribution in [0.15, 0.2) is 36.5 Å². The summed E-state index contributed by atoms with van der Waals surface area (Å²) < 4.78 is 5.32. The highest BCUT2D eigenvalue weighted by molar-refractivity contribution is 6.03. The molecule has 2 aromatic rings. The highest BCUT2D eigenvalue weighted by atomic mass is 16.5. The van der Waals surface area contributed by atoms with E-state index >= 15 is 0 Å². The van der Waals surface area contributed by atoms with E-state index in [-0.39, 0.29) is 11.9 Å². The Morgan fingerprint density at radius 3 is 3.05 bits per heavy atom. The second-order valence-corrected chi connectivity index (χ2v) is 5.37. The maximum atomic E-state index is 12.5. The number of amides is 1. The Morgan fingerprint density at radius 2 is 2.30 bits per heavy atom. The molecule has 5 heteroatoms. The van der Waals surface area contributed by atoms with Gasteiger partial charge in [-0.1, -0.05) is 6.07 Å². The second kappa shape index (κ2) is 4.85. The lowest BCUT2D eigenvalue weighted by atomic mass is 9.84. The van der Waals surface area contributed by atoms with E-state index < -0.39 is 5.41 Å². The first-order valence-corrected chi connectivity index (χ1v) is 6.60. The van der Waals surface area contributed by atoms with Crippen LogP contribution in [-0.2, 0) is 9.53 Å². The van der Waals surface area contributed by atoms with Gasteiger partial charge < -0.3 is 15.8 Å². The van der Waals surface area contributed by atoms with Gasteiger partial charge in [-0.05, 0) is 31.2 Å². The van der Waals surface area contributed by atoms with Crippen LogP contribution < -0.4 is 11.1 Å². The molecule has 1 amide bonds. The Hall–Kier alpha value is -1.98. The number of nitrogens with one attached hydrogen (secondary N) is 1. The summed E-state index contributed by atoms with van der Waals surface area (Å²) in [6.45, 7) is 2.60. The molecule has 1 aliphatic heterocycles. The van der Waals surface area contributed by atoms with Crippen LogP contribution >= 0.6 is 0 Å². The lowest BCUT2D eigenvalue weighted by Crippen LogP contribution is -2.47. The minimum absolute atomic E-state index is 0.112. The number of carbonyl (C=O) groups is 1. The predicted molar refractivity (Wildman–Crippen MR) is 77.3 cm³/mol. The van der Waals surface area contributed by atoms with Crippen LogP contribution in [0.1, 0.15) is 6.92 Å². The van der Waals surface area contributed by atoms with Crippen LogP contribution in [0.4, 0.5) is 5.69 Å². The molecule has 1 aromatic carbocycles. The lowest BCUT2D eigenvalue weighted by Gasteiger charge is -2.25. The van der Waals surface area contributed by atoms with Crippen LogP contribution in [0.5, 0.6) is 0 Å². The van der Waals surface area contributed by atoms with Crippen LogP contribution in [-0.4, -0.2) is 30.1 Å². The zero-order chi connectivity index (χ0) is 14.2. The van der Waals surface area contributed by atoms with Gasteiger partial charge in [0.15, 0.2) is 0 Å². The van der Waals surface area contributed by atoms with Crippen molar-refractivity contribution in [3.05, 3.63) is 36.5 Å². The van der Waals surface area contributed by atoms with Crippen molar-refractivity contribution >= 4 is 22.5 Å². The van der Waals surface area contributed by atoms with Crippen LogP contribution in [0.25, 0.3) is 10.9 Å². The minimum atomic E-state index is -0.690. The molecule has 1 saturated heterocycles. The lowest BCUT2D eigenvalue weighted by molar-refractivity contribution is -0.125. The topological polar surface area (TPSA) is 77.2 Å². The molecule has 104 valence electrons. The molecule has 0 spiro atoms. The molecule has 0 bridgehead atoms.